The highest BCUT2D eigenvalue weighted by molar-refractivity contribution is 4.72. The maximum atomic E-state index is 11.4. The van der Waals surface area contributed by atoms with Crippen LogP contribution in [0.1, 0.15) is 6.42 Å². The molecular weight excluding hydrogens is 149 g/mol. The summed E-state index contributed by atoms with van der Waals surface area (Å²) in [5, 5.41) is 0. The summed E-state index contributed by atoms with van der Waals surface area (Å²) in [6.07, 6.45) is -3.90. The Balaban J connectivity index is 2.24. The Morgan fingerprint density at radius 2 is 2.20 bits per heavy atom. The first kappa shape index (κ1) is 7.81. The van der Waals surface area contributed by atoms with Gasteiger partial charge in [-0.05, 0) is 6.42 Å². The number of ether oxygens (including phenoxy) is 2. The fourth-order valence-electron chi connectivity index (χ4n) is 0.679. The minimum atomic E-state index is -4.58. The van der Waals surface area contributed by atoms with Crippen molar-refractivity contribution in [1.82, 2.24) is 0 Å². The molecule has 1 rings (SSSR count). The highest BCUT2D eigenvalue weighted by Gasteiger charge is 2.35. The van der Waals surface area contributed by atoms with Crippen molar-refractivity contribution in [2.45, 2.75) is 19.1 Å². The van der Waals surface area contributed by atoms with Crippen LogP contribution in [0.3, 0.4) is 0 Å². The topological polar surface area (TPSA) is 18.5 Å². The van der Waals surface area contributed by atoms with Crippen LogP contribution in [0.2, 0.25) is 0 Å². The lowest BCUT2D eigenvalue weighted by Crippen LogP contribution is -2.22. The maximum Gasteiger partial charge on any atom is 0.524 e. The molecule has 0 amide bonds. The van der Waals surface area contributed by atoms with Crippen LogP contribution in [0.5, 0.6) is 0 Å². The van der Waals surface area contributed by atoms with Gasteiger partial charge < -0.3 is 4.74 Å². The molecule has 10 heavy (non-hydrogen) atoms. The summed E-state index contributed by atoms with van der Waals surface area (Å²) < 4.78 is 42.3. The molecule has 1 heterocycles. The smallest absolute Gasteiger partial charge is 0.352 e. The summed E-state index contributed by atoms with van der Waals surface area (Å²) in [5.41, 5.74) is 0. The first-order valence-corrected chi connectivity index (χ1v) is 2.76. The van der Waals surface area contributed by atoms with Crippen LogP contribution in [0.4, 0.5) is 13.2 Å². The fraction of sp³-hybridized carbons (Fsp3) is 0.800. The van der Waals surface area contributed by atoms with E-state index in [0.29, 0.717) is 0 Å². The van der Waals surface area contributed by atoms with Crippen LogP contribution in [0, 0.1) is 6.42 Å². The van der Waals surface area contributed by atoms with Crippen molar-refractivity contribution in [3.8, 4) is 0 Å². The highest BCUT2D eigenvalue weighted by Crippen LogP contribution is 2.23. The summed E-state index contributed by atoms with van der Waals surface area (Å²) in [4.78, 5) is 0. The van der Waals surface area contributed by atoms with E-state index in [1.54, 1.807) is 6.42 Å². The summed E-state index contributed by atoms with van der Waals surface area (Å²) in [6, 6.07) is 0. The molecule has 1 unspecified atom stereocenters. The fourth-order valence-corrected chi connectivity index (χ4v) is 0.679. The zero-order valence-corrected chi connectivity index (χ0v) is 5.02. The van der Waals surface area contributed by atoms with Gasteiger partial charge in [-0.1, -0.05) is 0 Å². The first-order valence-electron chi connectivity index (χ1n) is 2.76. The van der Waals surface area contributed by atoms with Crippen molar-refractivity contribution in [3.05, 3.63) is 6.42 Å². The quantitative estimate of drug-likeness (QED) is 0.570. The summed E-state index contributed by atoms with van der Waals surface area (Å²) >= 11 is 0. The van der Waals surface area contributed by atoms with Gasteiger partial charge in [0.25, 0.3) is 0 Å². The minimum absolute atomic E-state index is 0.208. The van der Waals surface area contributed by atoms with E-state index >= 15 is 0 Å². The molecule has 1 aliphatic heterocycles. The molecule has 0 aromatic heterocycles. The molecule has 1 saturated heterocycles. The number of rotatable bonds is 1. The van der Waals surface area contributed by atoms with Gasteiger partial charge >= 0.3 is 6.36 Å². The van der Waals surface area contributed by atoms with Crippen LogP contribution in [-0.2, 0) is 9.47 Å². The second-order valence-electron chi connectivity index (χ2n) is 1.85. The van der Waals surface area contributed by atoms with E-state index in [0.717, 1.165) is 0 Å². The van der Waals surface area contributed by atoms with E-state index < -0.39 is 12.7 Å². The van der Waals surface area contributed by atoms with Gasteiger partial charge in [0.1, 0.15) is 0 Å². The second kappa shape index (κ2) is 2.75. The normalized spacial score (nSPS) is 27.3. The number of halogens is 3. The van der Waals surface area contributed by atoms with E-state index in [9.17, 15) is 13.2 Å². The van der Waals surface area contributed by atoms with Crippen molar-refractivity contribution in [1.29, 1.82) is 0 Å². The van der Waals surface area contributed by atoms with Crippen molar-refractivity contribution >= 4 is 0 Å². The summed E-state index contributed by atoms with van der Waals surface area (Å²) in [6.45, 7) is 0.237. The van der Waals surface area contributed by atoms with Crippen molar-refractivity contribution in [2.75, 3.05) is 6.61 Å². The van der Waals surface area contributed by atoms with Crippen LogP contribution in [-0.4, -0.2) is 19.3 Å². The molecule has 0 saturated carbocycles. The third kappa shape index (κ3) is 2.53. The van der Waals surface area contributed by atoms with Gasteiger partial charge in [-0.25, -0.2) is 0 Å². The predicted molar refractivity (Wildman–Crippen MR) is 25.8 cm³/mol. The molecule has 5 heteroatoms. The molecule has 0 N–H and O–H groups in total. The minimum Gasteiger partial charge on any atom is -0.352 e. The Morgan fingerprint density at radius 1 is 1.50 bits per heavy atom. The molecule has 1 fully saturated rings. The van der Waals surface area contributed by atoms with Gasteiger partial charge in [-0.3, -0.25) is 4.74 Å². The van der Waals surface area contributed by atoms with Gasteiger partial charge in [-0.2, -0.15) is 0 Å². The third-order valence-corrected chi connectivity index (χ3v) is 1.02. The Morgan fingerprint density at radius 3 is 2.60 bits per heavy atom. The lowest BCUT2D eigenvalue weighted by Gasteiger charge is -2.12. The number of hydrogen-bond donors (Lipinski definition) is 0. The molecule has 0 bridgehead atoms. The van der Waals surface area contributed by atoms with E-state index in [2.05, 4.69) is 9.47 Å². The van der Waals surface area contributed by atoms with Crippen molar-refractivity contribution < 1.29 is 22.6 Å². The molecule has 0 spiro atoms. The molecule has 59 valence electrons. The van der Waals surface area contributed by atoms with Gasteiger partial charge in [0, 0.05) is 6.42 Å². The highest BCUT2D eigenvalue weighted by atomic mass is 19.4. The van der Waals surface area contributed by atoms with Gasteiger partial charge in [0.2, 0.25) is 0 Å². The van der Waals surface area contributed by atoms with Gasteiger partial charge in [0.15, 0.2) is 6.29 Å². The Hall–Kier alpha value is -0.290. The molecule has 2 nitrogen and oxygen atoms in total. The van der Waals surface area contributed by atoms with Crippen LogP contribution in [0.15, 0.2) is 0 Å². The molecular formula is C5H6F3O2. The number of alkyl halides is 3. The monoisotopic (exact) mass is 155 g/mol. The molecule has 1 radical (unpaired) electrons. The second-order valence-corrected chi connectivity index (χ2v) is 1.85. The molecule has 0 aliphatic carbocycles. The third-order valence-electron chi connectivity index (χ3n) is 1.02. The molecule has 0 aromatic carbocycles. The predicted octanol–water partition coefficient (Wildman–Crippen LogP) is 1.47. The zero-order valence-electron chi connectivity index (χ0n) is 5.02. The van der Waals surface area contributed by atoms with E-state index in [4.69, 9.17) is 0 Å². The van der Waals surface area contributed by atoms with E-state index in [1.807, 2.05) is 0 Å². The zero-order chi connectivity index (χ0) is 7.61. The van der Waals surface area contributed by atoms with Crippen LogP contribution < -0.4 is 0 Å². The van der Waals surface area contributed by atoms with Crippen LogP contribution in [0.25, 0.3) is 0 Å². The first-order chi connectivity index (χ1) is 4.58. The summed E-state index contributed by atoms with van der Waals surface area (Å²) in [5.74, 6) is 0. The average Bonchev–Trinajstić information content (AvgIpc) is 2.12. The SMILES string of the molecule is FC(F)(F)OC1C[CH]CO1. The molecule has 0 aromatic rings. The van der Waals surface area contributed by atoms with Gasteiger partial charge in [-0.15, -0.1) is 13.2 Å². The average molecular weight is 155 g/mol. The Kier molecular flexibility index (Phi) is 2.15. The van der Waals surface area contributed by atoms with E-state index in [1.165, 1.54) is 0 Å². The van der Waals surface area contributed by atoms with Gasteiger partial charge in [0.05, 0.1) is 6.61 Å². The largest absolute Gasteiger partial charge is 0.524 e. The summed E-state index contributed by atoms with van der Waals surface area (Å²) in [7, 11) is 0. The standard InChI is InChI=1S/C5H6F3O2/c6-5(7,8)10-4-2-1-3-9-4/h1,4H,2-3H2. The maximum absolute atomic E-state index is 11.4. The van der Waals surface area contributed by atoms with E-state index in [-0.39, 0.29) is 13.0 Å². The number of hydrogen-bond acceptors (Lipinski definition) is 2. The molecule has 1 aliphatic rings. The van der Waals surface area contributed by atoms with Crippen molar-refractivity contribution in [3.63, 3.8) is 0 Å². The lowest BCUT2D eigenvalue weighted by atomic mass is 10.4. The van der Waals surface area contributed by atoms with Crippen molar-refractivity contribution in [2.24, 2.45) is 0 Å². The van der Waals surface area contributed by atoms with Crippen LogP contribution >= 0.6 is 0 Å². The Bertz CT molecular complexity index is 106. The molecule has 1 atom stereocenters. The lowest BCUT2D eigenvalue weighted by molar-refractivity contribution is -0.372. The Labute approximate surface area is 55.9 Å².